The van der Waals surface area contributed by atoms with Crippen molar-refractivity contribution in [2.24, 2.45) is 0 Å². The van der Waals surface area contributed by atoms with E-state index in [0.29, 0.717) is 30.6 Å². The molecule has 0 aliphatic carbocycles. The highest BCUT2D eigenvalue weighted by Gasteiger charge is 2.30. The third-order valence-corrected chi connectivity index (χ3v) is 3.02. The number of nitrogens with two attached hydrogens (primary N) is 1. The van der Waals surface area contributed by atoms with Crippen molar-refractivity contribution in [2.45, 2.75) is 25.0 Å². The Kier molecular flexibility index (Phi) is 4.01. The fourth-order valence-electron chi connectivity index (χ4n) is 2.03. The number of aliphatic carboxylic acids is 1. The van der Waals surface area contributed by atoms with Gasteiger partial charge >= 0.3 is 5.97 Å². The van der Waals surface area contributed by atoms with Gasteiger partial charge in [-0.25, -0.2) is 4.79 Å². The standard InChI is InChI=1S/C13H16N2O4/c14-9-3-1-2-8(6-9)12(16)15-7-10-4-5-11(19-10)13(17)18/h1-3,6,10-11H,4-5,7,14H2,(H,15,16)(H,17,18). The summed E-state index contributed by atoms with van der Waals surface area (Å²) in [5, 5.41) is 11.5. The zero-order chi connectivity index (χ0) is 13.8. The smallest absolute Gasteiger partial charge is 0.332 e. The summed E-state index contributed by atoms with van der Waals surface area (Å²) in [7, 11) is 0. The van der Waals surface area contributed by atoms with E-state index in [1.165, 1.54) is 0 Å². The zero-order valence-electron chi connectivity index (χ0n) is 10.3. The molecule has 0 spiro atoms. The predicted molar refractivity (Wildman–Crippen MR) is 68.7 cm³/mol. The number of nitrogens with one attached hydrogen (secondary N) is 1. The van der Waals surface area contributed by atoms with Gasteiger partial charge in [-0.1, -0.05) is 6.07 Å². The Balaban J connectivity index is 1.83. The molecule has 2 rings (SSSR count). The summed E-state index contributed by atoms with van der Waals surface area (Å²) in [6.07, 6.45) is 0.114. The number of ether oxygens (including phenoxy) is 1. The second-order valence-corrected chi connectivity index (χ2v) is 4.50. The molecule has 6 heteroatoms. The van der Waals surface area contributed by atoms with Crippen LogP contribution in [0.1, 0.15) is 23.2 Å². The number of benzene rings is 1. The lowest BCUT2D eigenvalue weighted by Gasteiger charge is -2.12. The van der Waals surface area contributed by atoms with Crippen molar-refractivity contribution < 1.29 is 19.4 Å². The summed E-state index contributed by atoms with van der Waals surface area (Å²) in [5.74, 6) is -1.20. The van der Waals surface area contributed by atoms with E-state index in [0.717, 1.165) is 0 Å². The van der Waals surface area contributed by atoms with Gasteiger partial charge in [0.2, 0.25) is 0 Å². The van der Waals surface area contributed by atoms with Crippen molar-refractivity contribution in [3.63, 3.8) is 0 Å². The lowest BCUT2D eigenvalue weighted by Crippen LogP contribution is -2.33. The molecule has 0 radical (unpaired) electrons. The van der Waals surface area contributed by atoms with Crippen molar-refractivity contribution in [3.05, 3.63) is 29.8 Å². The molecular weight excluding hydrogens is 248 g/mol. The van der Waals surface area contributed by atoms with Crippen LogP contribution in [0.25, 0.3) is 0 Å². The number of hydrogen-bond donors (Lipinski definition) is 3. The maximum Gasteiger partial charge on any atom is 0.332 e. The summed E-state index contributed by atoms with van der Waals surface area (Å²) in [6, 6.07) is 6.66. The van der Waals surface area contributed by atoms with Gasteiger partial charge in [-0.15, -0.1) is 0 Å². The Morgan fingerprint density at radius 1 is 1.42 bits per heavy atom. The second-order valence-electron chi connectivity index (χ2n) is 4.50. The molecule has 0 aromatic heterocycles. The first kappa shape index (κ1) is 13.4. The van der Waals surface area contributed by atoms with Crippen molar-refractivity contribution >= 4 is 17.6 Å². The van der Waals surface area contributed by atoms with Crippen LogP contribution in [0, 0.1) is 0 Å². The minimum absolute atomic E-state index is 0.241. The third kappa shape index (κ3) is 3.45. The minimum Gasteiger partial charge on any atom is -0.479 e. The Bertz CT molecular complexity index is 489. The van der Waals surface area contributed by atoms with Crippen molar-refractivity contribution in [3.8, 4) is 0 Å². The SMILES string of the molecule is Nc1cccc(C(=O)NCC2CCC(C(=O)O)O2)c1. The van der Waals surface area contributed by atoms with Gasteiger partial charge in [0.25, 0.3) is 5.91 Å². The maximum absolute atomic E-state index is 11.8. The van der Waals surface area contributed by atoms with Crippen LogP contribution in [0.15, 0.2) is 24.3 Å². The van der Waals surface area contributed by atoms with E-state index in [2.05, 4.69) is 5.32 Å². The molecule has 1 aromatic rings. The number of carboxylic acids is 1. The van der Waals surface area contributed by atoms with Crippen LogP contribution in [0.4, 0.5) is 5.69 Å². The van der Waals surface area contributed by atoms with Gasteiger partial charge in [0.1, 0.15) is 0 Å². The fourth-order valence-corrected chi connectivity index (χ4v) is 2.03. The molecule has 1 fully saturated rings. The van der Waals surface area contributed by atoms with E-state index in [4.69, 9.17) is 15.6 Å². The first-order valence-corrected chi connectivity index (χ1v) is 6.08. The topological polar surface area (TPSA) is 102 Å². The fraction of sp³-hybridized carbons (Fsp3) is 0.385. The van der Waals surface area contributed by atoms with E-state index in [9.17, 15) is 9.59 Å². The molecule has 0 saturated carbocycles. The van der Waals surface area contributed by atoms with Crippen LogP contribution < -0.4 is 11.1 Å². The van der Waals surface area contributed by atoms with Gasteiger partial charge in [0, 0.05) is 17.8 Å². The lowest BCUT2D eigenvalue weighted by atomic mass is 10.1. The average molecular weight is 264 g/mol. The molecule has 2 unspecified atom stereocenters. The monoisotopic (exact) mass is 264 g/mol. The van der Waals surface area contributed by atoms with E-state index >= 15 is 0 Å². The summed E-state index contributed by atoms with van der Waals surface area (Å²) in [5.41, 5.74) is 6.60. The number of amides is 1. The summed E-state index contributed by atoms with van der Waals surface area (Å²) < 4.78 is 5.29. The Hall–Kier alpha value is -2.08. The quantitative estimate of drug-likeness (QED) is 0.692. The Labute approximate surface area is 110 Å². The van der Waals surface area contributed by atoms with Gasteiger partial charge in [-0.05, 0) is 31.0 Å². The van der Waals surface area contributed by atoms with Gasteiger partial charge < -0.3 is 20.9 Å². The molecule has 1 aliphatic heterocycles. The van der Waals surface area contributed by atoms with E-state index < -0.39 is 12.1 Å². The molecule has 102 valence electrons. The lowest BCUT2D eigenvalue weighted by molar-refractivity contribution is -0.149. The molecule has 4 N–H and O–H groups in total. The third-order valence-electron chi connectivity index (χ3n) is 3.02. The molecule has 1 amide bonds. The van der Waals surface area contributed by atoms with E-state index in [1.54, 1.807) is 24.3 Å². The highest BCUT2D eigenvalue weighted by atomic mass is 16.5. The normalized spacial score (nSPS) is 22.1. The molecule has 6 nitrogen and oxygen atoms in total. The molecule has 1 heterocycles. The Morgan fingerprint density at radius 2 is 2.21 bits per heavy atom. The number of nitrogen functional groups attached to an aromatic ring is 1. The number of carbonyl (C=O) groups excluding carboxylic acids is 1. The van der Waals surface area contributed by atoms with Gasteiger partial charge in [-0.2, -0.15) is 0 Å². The summed E-state index contributed by atoms with van der Waals surface area (Å²) in [6.45, 7) is 0.303. The molecule has 2 atom stereocenters. The van der Waals surface area contributed by atoms with Gasteiger partial charge in [0.15, 0.2) is 6.10 Å². The highest BCUT2D eigenvalue weighted by Crippen LogP contribution is 2.19. The summed E-state index contributed by atoms with van der Waals surface area (Å²) in [4.78, 5) is 22.5. The van der Waals surface area contributed by atoms with E-state index in [1.807, 2.05) is 0 Å². The van der Waals surface area contributed by atoms with Crippen LogP contribution in [0.2, 0.25) is 0 Å². The molecule has 19 heavy (non-hydrogen) atoms. The molecule has 1 aromatic carbocycles. The molecular formula is C13H16N2O4. The molecule has 1 aliphatic rings. The van der Waals surface area contributed by atoms with Crippen molar-refractivity contribution in [2.75, 3.05) is 12.3 Å². The van der Waals surface area contributed by atoms with Crippen LogP contribution in [0.3, 0.4) is 0 Å². The van der Waals surface area contributed by atoms with Crippen LogP contribution in [-0.4, -0.2) is 35.7 Å². The predicted octanol–water partition coefficient (Wildman–Crippen LogP) is 0.631. The number of carboxylic acid groups (broad SMARTS) is 1. The van der Waals surface area contributed by atoms with Crippen LogP contribution in [0.5, 0.6) is 0 Å². The first-order chi connectivity index (χ1) is 9.06. The largest absolute Gasteiger partial charge is 0.479 e. The van der Waals surface area contributed by atoms with Gasteiger partial charge in [-0.3, -0.25) is 4.79 Å². The number of hydrogen-bond acceptors (Lipinski definition) is 4. The van der Waals surface area contributed by atoms with Crippen molar-refractivity contribution in [1.29, 1.82) is 0 Å². The molecule has 0 bridgehead atoms. The Morgan fingerprint density at radius 3 is 2.84 bits per heavy atom. The van der Waals surface area contributed by atoms with Crippen molar-refractivity contribution in [1.82, 2.24) is 5.32 Å². The van der Waals surface area contributed by atoms with E-state index in [-0.39, 0.29) is 12.0 Å². The maximum atomic E-state index is 11.8. The summed E-state index contributed by atoms with van der Waals surface area (Å²) >= 11 is 0. The van der Waals surface area contributed by atoms with Crippen LogP contribution >= 0.6 is 0 Å². The highest BCUT2D eigenvalue weighted by molar-refractivity contribution is 5.95. The molecule has 1 saturated heterocycles. The number of anilines is 1. The number of rotatable bonds is 4. The van der Waals surface area contributed by atoms with Crippen LogP contribution in [-0.2, 0) is 9.53 Å². The minimum atomic E-state index is -0.954. The second kappa shape index (κ2) is 5.71. The average Bonchev–Trinajstić information content (AvgIpc) is 2.85. The first-order valence-electron chi connectivity index (χ1n) is 6.08. The number of carbonyl (C=O) groups is 2. The zero-order valence-corrected chi connectivity index (χ0v) is 10.3. The van der Waals surface area contributed by atoms with Gasteiger partial charge in [0.05, 0.1) is 6.10 Å².